The molecule has 0 saturated heterocycles. The van der Waals surface area contributed by atoms with E-state index in [4.69, 9.17) is 33.4 Å². The second-order valence-electron chi connectivity index (χ2n) is 17.8. The molecule has 366 valence electrons. The van der Waals surface area contributed by atoms with Gasteiger partial charge in [-0.15, -0.1) is 0 Å². The molecule has 8 aromatic carbocycles. The Balaban J connectivity index is 0.000000161. The maximum Gasteiger partial charge on any atom is 0.139 e. The lowest BCUT2D eigenvalue weighted by atomic mass is 9.77. The van der Waals surface area contributed by atoms with Crippen LogP contribution in [0.2, 0.25) is 10.3 Å². The van der Waals surface area contributed by atoms with Gasteiger partial charge in [0.1, 0.15) is 44.4 Å². The van der Waals surface area contributed by atoms with E-state index < -0.39 is 23.5 Å². The van der Waals surface area contributed by atoms with E-state index in [-0.39, 0.29) is 11.4 Å². The first-order valence-electron chi connectivity index (χ1n) is 24.0. The van der Waals surface area contributed by atoms with Crippen molar-refractivity contribution >= 4 is 60.9 Å². The van der Waals surface area contributed by atoms with E-state index in [9.17, 15) is 5.11 Å². The highest BCUT2D eigenvalue weighted by atomic mass is 79.9. The lowest BCUT2D eigenvalue weighted by Gasteiger charge is -2.37. The molecule has 75 heavy (non-hydrogen) atoms. The predicted molar refractivity (Wildman–Crippen MR) is 299 cm³/mol. The Morgan fingerprint density at radius 1 is 0.427 bits per heavy atom. The summed E-state index contributed by atoms with van der Waals surface area (Å²) in [6.45, 7) is -0.426. The van der Waals surface area contributed by atoms with Crippen LogP contribution in [0.5, 0.6) is 0 Å². The van der Waals surface area contributed by atoms with E-state index in [2.05, 4.69) is 98.7 Å². The molecule has 0 saturated carbocycles. The second-order valence-corrected chi connectivity index (χ2v) is 19.4. The van der Waals surface area contributed by atoms with Crippen LogP contribution >= 0.6 is 39.1 Å². The topological polar surface area (TPSA) is 81.7 Å². The number of benzene rings is 8. The van der Waals surface area contributed by atoms with Gasteiger partial charge in [-0.25, -0.2) is 28.1 Å². The summed E-state index contributed by atoms with van der Waals surface area (Å²) in [7, 11) is 0. The molecule has 4 aromatic heterocycles. The monoisotopic (exact) mass is 1090 g/mol. The Hall–Kier alpha value is -8.12. The van der Waals surface area contributed by atoms with Gasteiger partial charge in [-0.1, -0.05) is 205 Å². The molecule has 0 amide bonds. The zero-order valence-electron chi connectivity index (χ0n) is 39.8. The van der Waals surface area contributed by atoms with Crippen molar-refractivity contribution in [2.75, 3.05) is 0 Å². The van der Waals surface area contributed by atoms with Gasteiger partial charge in [0.25, 0.3) is 0 Å². The zero-order chi connectivity index (χ0) is 51.5. The zero-order valence-corrected chi connectivity index (χ0v) is 42.9. The minimum absolute atomic E-state index is 0.197. The molecule has 7 nitrogen and oxygen atoms in total. The Bertz CT molecular complexity index is 3750. The van der Waals surface area contributed by atoms with Crippen LogP contribution in [0, 0.1) is 11.6 Å². The molecule has 0 aliphatic rings. The highest BCUT2D eigenvalue weighted by Crippen LogP contribution is 2.47. The van der Waals surface area contributed by atoms with Crippen LogP contribution < -0.4 is 0 Å². The standard InChI is InChI=1S/C32H23ClFN3O.C31H20BrClFN3/c33-30-19-22(16-17-35-30)31-27-18-23(21-38)28(34)20-29(27)37(36-31)32(24-10-4-1-5-11-24,25-12-6-2-7-13-25)26-14-8-3-9-15-26;32-26-19-25-28(20-27(26)34)37(36-30(25)21-16-17-35-29(33)18-21)31(22-10-4-1-5-11-22,23-12-6-2-7-13-23)24-14-8-3-9-15-24/h1-20,38H,21H2;1-20H. The summed E-state index contributed by atoms with van der Waals surface area (Å²) >= 11 is 15.9. The summed E-state index contributed by atoms with van der Waals surface area (Å²) in [5.41, 5.74) is 8.34. The van der Waals surface area contributed by atoms with Gasteiger partial charge in [-0.3, -0.25) is 0 Å². The molecular weight excluding hydrogens is 1050 g/mol. The van der Waals surface area contributed by atoms with Gasteiger partial charge in [0.05, 0.1) is 22.1 Å². The average molecular weight is 1090 g/mol. The van der Waals surface area contributed by atoms with Crippen LogP contribution in [-0.2, 0) is 17.7 Å². The summed E-state index contributed by atoms with van der Waals surface area (Å²) < 4.78 is 34.7. The molecule has 0 atom stereocenters. The van der Waals surface area contributed by atoms with Crippen molar-refractivity contribution in [2.45, 2.75) is 17.7 Å². The Kier molecular flexibility index (Phi) is 13.8. The van der Waals surface area contributed by atoms with Gasteiger partial charge in [-0.05, 0) is 85.7 Å². The summed E-state index contributed by atoms with van der Waals surface area (Å²) in [5.74, 6) is -0.861. The van der Waals surface area contributed by atoms with E-state index in [1.165, 1.54) is 6.07 Å². The first kappa shape index (κ1) is 49.1. The fourth-order valence-corrected chi connectivity index (χ4v) is 10.9. The number of hydrogen-bond acceptors (Lipinski definition) is 5. The largest absolute Gasteiger partial charge is 0.392 e. The second kappa shape index (κ2) is 21.0. The number of halogens is 5. The average Bonchev–Trinajstić information content (AvgIpc) is 4.01. The number of nitrogens with zero attached hydrogens (tertiary/aromatic N) is 6. The van der Waals surface area contributed by atoms with Crippen molar-refractivity contribution in [1.29, 1.82) is 0 Å². The molecule has 0 unspecified atom stereocenters. The number of aliphatic hydroxyl groups excluding tert-OH is 1. The molecular formula is C63H43BrCl2F2N6O. The Morgan fingerprint density at radius 3 is 1.07 bits per heavy atom. The van der Waals surface area contributed by atoms with E-state index in [0.717, 1.165) is 49.9 Å². The van der Waals surface area contributed by atoms with Crippen molar-refractivity contribution in [3.8, 4) is 22.5 Å². The number of aromatic nitrogens is 6. The number of aliphatic hydroxyl groups is 1. The molecule has 0 spiro atoms. The SMILES string of the molecule is Fc1cc2c(cc1Br)c(-c1ccnc(Cl)c1)nn2C(c1ccccc1)(c1ccccc1)c1ccccc1.OCc1cc2c(-c3ccnc(Cl)c3)nn(C(c3ccccc3)(c3ccccc3)c3ccccc3)c2cc1F. The third-order valence-electron chi connectivity index (χ3n) is 13.5. The fourth-order valence-electron chi connectivity index (χ4n) is 10.3. The van der Waals surface area contributed by atoms with E-state index in [1.54, 1.807) is 42.7 Å². The van der Waals surface area contributed by atoms with Crippen LogP contribution in [0.15, 0.2) is 247 Å². The summed E-state index contributed by atoms with van der Waals surface area (Å²) in [5, 5.41) is 22.5. The minimum atomic E-state index is -0.940. The van der Waals surface area contributed by atoms with Gasteiger partial charge in [0.2, 0.25) is 0 Å². The maximum atomic E-state index is 15.3. The third kappa shape index (κ3) is 8.89. The number of fused-ring (bicyclic) bond motifs is 2. The molecule has 12 aromatic rings. The van der Waals surface area contributed by atoms with Crippen molar-refractivity contribution in [1.82, 2.24) is 29.5 Å². The van der Waals surface area contributed by atoms with Gasteiger partial charge in [0.15, 0.2) is 0 Å². The molecule has 0 bridgehead atoms. The Labute approximate surface area is 450 Å². The molecule has 4 heterocycles. The molecule has 0 radical (unpaired) electrons. The molecule has 0 fully saturated rings. The van der Waals surface area contributed by atoms with Gasteiger partial charge in [-0.2, -0.15) is 10.2 Å². The van der Waals surface area contributed by atoms with Crippen molar-refractivity contribution in [3.63, 3.8) is 0 Å². The first-order chi connectivity index (χ1) is 36.7. The molecule has 1 N–H and O–H groups in total. The van der Waals surface area contributed by atoms with Crippen LogP contribution in [0.25, 0.3) is 44.3 Å². The van der Waals surface area contributed by atoms with Crippen molar-refractivity contribution in [2.24, 2.45) is 0 Å². The summed E-state index contributed by atoms with van der Waals surface area (Å²) in [6, 6.07) is 74.6. The summed E-state index contributed by atoms with van der Waals surface area (Å²) in [4.78, 5) is 8.26. The third-order valence-corrected chi connectivity index (χ3v) is 14.5. The molecule has 12 rings (SSSR count). The van der Waals surface area contributed by atoms with Crippen LogP contribution in [0.4, 0.5) is 8.78 Å². The van der Waals surface area contributed by atoms with Gasteiger partial charge >= 0.3 is 0 Å². The molecule has 0 aliphatic carbocycles. The minimum Gasteiger partial charge on any atom is -0.392 e. The molecule has 0 aliphatic heterocycles. The smallest absolute Gasteiger partial charge is 0.139 e. The van der Waals surface area contributed by atoms with Crippen LogP contribution in [0.3, 0.4) is 0 Å². The number of hydrogen-bond donors (Lipinski definition) is 1. The van der Waals surface area contributed by atoms with E-state index in [1.807, 2.05) is 131 Å². The van der Waals surface area contributed by atoms with Gasteiger partial charge < -0.3 is 5.11 Å². The van der Waals surface area contributed by atoms with Crippen LogP contribution in [-0.4, -0.2) is 34.6 Å². The summed E-state index contributed by atoms with van der Waals surface area (Å²) in [6.07, 6.45) is 3.28. The van der Waals surface area contributed by atoms with Crippen molar-refractivity contribution < 1.29 is 13.9 Å². The highest BCUT2D eigenvalue weighted by Gasteiger charge is 2.43. The number of rotatable bonds is 11. The van der Waals surface area contributed by atoms with Crippen LogP contribution in [0.1, 0.15) is 38.9 Å². The molecule has 12 heteroatoms. The normalized spacial score (nSPS) is 11.7. The van der Waals surface area contributed by atoms with Gasteiger partial charge in [0, 0.05) is 52.0 Å². The quantitative estimate of drug-likeness (QED) is 0.103. The predicted octanol–water partition coefficient (Wildman–Crippen LogP) is 15.7. The van der Waals surface area contributed by atoms with E-state index in [0.29, 0.717) is 42.6 Å². The lowest BCUT2D eigenvalue weighted by molar-refractivity contribution is 0.276. The fraction of sp³-hybridized carbons (Fsp3) is 0.0476. The number of pyridine rings is 2. The Morgan fingerprint density at radius 2 is 0.747 bits per heavy atom. The van der Waals surface area contributed by atoms with Crippen molar-refractivity contribution in [3.05, 3.63) is 308 Å². The van der Waals surface area contributed by atoms with E-state index >= 15 is 8.78 Å². The first-order valence-corrected chi connectivity index (χ1v) is 25.5. The highest BCUT2D eigenvalue weighted by molar-refractivity contribution is 9.10. The maximum absolute atomic E-state index is 15.3. The lowest BCUT2D eigenvalue weighted by Crippen LogP contribution is -2.38.